The number of pyridine rings is 1. The van der Waals surface area contributed by atoms with E-state index in [1.807, 2.05) is 0 Å². The Morgan fingerprint density at radius 3 is 2.42 bits per heavy atom. The summed E-state index contributed by atoms with van der Waals surface area (Å²) >= 11 is 0. The van der Waals surface area contributed by atoms with Crippen LogP contribution in [-0.2, 0) is 10.9 Å². The quantitative estimate of drug-likeness (QED) is 0.349. The van der Waals surface area contributed by atoms with Crippen LogP contribution in [0.3, 0.4) is 0 Å². The van der Waals surface area contributed by atoms with Gasteiger partial charge in [0.25, 0.3) is 5.91 Å². The first-order chi connectivity index (χ1) is 18.0. The van der Waals surface area contributed by atoms with E-state index >= 15 is 0 Å². The Kier molecular flexibility index (Phi) is 7.65. The Morgan fingerprint density at radius 2 is 1.76 bits per heavy atom. The molecule has 0 saturated heterocycles. The fraction of sp³-hybridized carbons (Fsp3) is 0.308. The van der Waals surface area contributed by atoms with Gasteiger partial charge in [-0.15, -0.1) is 0 Å². The van der Waals surface area contributed by atoms with Gasteiger partial charge in [0.2, 0.25) is 0 Å². The number of alkyl halides is 3. The molecular weight excluding hydrogens is 503 g/mol. The maximum Gasteiger partial charge on any atom is 0.417 e. The summed E-state index contributed by atoms with van der Waals surface area (Å²) in [7, 11) is 1.41. The lowest BCUT2D eigenvalue weighted by molar-refractivity contribution is -0.137. The summed E-state index contributed by atoms with van der Waals surface area (Å²) in [6.07, 6.45) is -5.65. The van der Waals surface area contributed by atoms with Crippen LogP contribution in [0.15, 0.2) is 42.5 Å². The second-order valence-corrected chi connectivity index (χ2v) is 8.73. The lowest BCUT2D eigenvalue weighted by Crippen LogP contribution is -2.23. The summed E-state index contributed by atoms with van der Waals surface area (Å²) < 4.78 is 53.2. The second kappa shape index (κ2) is 10.8. The average Bonchev–Trinajstić information content (AvgIpc) is 3.17. The van der Waals surface area contributed by atoms with Gasteiger partial charge in [-0.2, -0.15) is 18.3 Å². The smallest absolute Gasteiger partial charge is 0.417 e. The molecule has 0 aliphatic heterocycles. The minimum absolute atomic E-state index is 0.0146. The van der Waals surface area contributed by atoms with E-state index < -0.39 is 23.8 Å². The van der Waals surface area contributed by atoms with Crippen molar-refractivity contribution < 1.29 is 32.5 Å². The summed E-state index contributed by atoms with van der Waals surface area (Å²) in [5, 5.41) is 17.2. The number of halogens is 3. The number of nitrogens with zero attached hydrogens (tertiary/aromatic N) is 4. The number of ether oxygens (including phenoxy) is 2. The number of carbonyl (C=O) groups excluding carboxylic acids is 1. The van der Waals surface area contributed by atoms with Crippen molar-refractivity contribution in [1.82, 2.24) is 19.6 Å². The molecule has 3 aromatic heterocycles. The first-order valence-electron chi connectivity index (χ1n) is 11.6. The monoisotopic (exact) mass is 529 g/mol. The van der Waals surface area contributed by atoms with Gasteiger partial charge >= 0.3 is 6.18 Å². The Labute approximate surface area is 216 Å². The molecule has 12 heteroatoms. The molecule has 0 saturated carbocycles. The number of rotatable bonds is 8. The van der Waals surface area contributed by atoms with E-state index in [4.69, 9.17) is 9.47 Å². The molecule has 0 unspecified atom stereocenters. The van der Waals surface area contributed by atoms with E-state index in [0.29, 0.717) is 17.1 Å². The predicted octanol–water partition coefficient (Wildman–Crippen LogP) is 4.37. The molecule has 200 valence electrons. The maximum absolute atomic E-state index is 13.8. The summed E-state index contributed by atoms with van der Waals surface area (Å²) in [4.78, 5) is 22.1. The highest BCUT2D eigenvalue weighted by atomic mass is 19.4. The lowest BCUT2D eigenvalue weighted by atomic mass is 10.0. The van der Waals surface area contributed by atoms with Crippen LogP contribution in [-0.4, -0.2) is 57.0 Å². The number of imidazole rings is 1. The molecule has 3 heterocycles. The van der Waals surface area contributed by atoms with Gasteiger partial charge in [-0.1, -0.05) is 18.2 Å². The number of nitrogens with one attached hydrogen (secondary N) is 1. The Balaban J connectivity index is 1.86. The summed E-state index contributed by atoms with van der Waals surface area (Å²) in [6, 6.07) is 9.66. The van der Waals surface area contributed by atoms with Crippen molar-refractivity contribution in [2.75, 3.05) is 25.6 Å². The normalized spacial score (nSPS) is 12.5. The highest BCUT2D eigenvalue weighted by molar-refractivity contribution is 6.04. The van der Waals surface area contributed by atoms with Gasteiger partial charge < -0.3 is 19.9 Å². The van der Waals surface area contributed by atoms with E-state index in [1.165, 1.54) is 31.4 Å². The van der Waals surface area contributed by atoms with E-state index in [1.54, 1.807) is 32.9 Å². The predicted molar refractivity (Wildman–Crippen MR) is 133 cm³/mol. The third-order valence-corrected chi connectivity index (χ3v) is 5.58. The zero-order chi connectivity index (χ0) is 27.6. The van der Waals surface area contributed by atoms with Gasteiger partial charge in [0.15, 0.2) is 17.1 Å². The topological polar surface area (TPSA) is 111 Å². The van der Waals surface area contributed by atoms with Crippen molar-refractivity contribution in [2.45, 2.75) is 33.1 Å². The number of aryl methyl sites for hydroxylation is 3. The number of hydrogen-bond acceptors (Lipinski definition) is 7. The molecule has 0 spiro atoms. The number of aromatic nitrogens is 4. The van der Waals surface area contributed by atoms with Crippen LogP contribution in [0.2, 0.25) is 0 Å². The third-order valence-electron chi connectivity index (χ3n) is 5.58. The molecule has 0 aliphatic rings. The van der Waals surface area contributed by atoms with Crippen LogP contribution >= 0.6 is 0 Å². The first kappa shape index (κ1) is 27.0. The number of carbonyl (C=O) groups is 1. The standard InChI is InChI=1S/C26H26F3N5O4/c1-14-9-17(10-15(2)30-14)32-25(36)23-16(3)31-24-22(38-13-18(35)12-37-4)11-21(33-34(23)24)19-7-5-6-8-20(19)26(27,28)29/h5-11,18,35H,12-13H2,1-4H3,(H,30,32,36)/t18-/m1/s1. The number of aliphatic hydroxyl groups is 1. The van der Waals surface area contributed by atoms with Gasteiger partial charge in [-0.05, 0) is 39.0 Å². The zero-order valence-electron chi connectivity index (χ0n) is 21.1. The van der Waals surface area contributed by atoms with Gasteiger partial charge in [-0.3, -0.25) is 9.78 Å². The zero-order valence-corrected chi connectivity index (χ0v) is 21.1. The van der Waals surface area contributed by atoms with Gasteiger partial charge in [0, 0.05) is 35.8 Å². The molecule has 9 nitrogen and oxygen atoms in total. The number of fused-ring (bicyclic) bond motifs is 1. The highest BCUT2D eigenvalue weighted by Crippen LogP contribution is 2.38. The third kappa shape index (κ3) is 5.76. The number of aliphatic hydroxyl groups excluding tert-OH is 1. The number of hydrogen-bond donors (Lipinski definition) is 2. The van der Waals surface area contributed by atoms with Crippen molar-refractivity contribution >= 4 is 17.2 Å². The Bertz CT molecular complexity index is 1470. The molecule has 38 heavy (non-hydrogen) atoms. The molecule has 1 amide bonds. The average molecular weight is 530 g/mol. The molecule has 0 aliphatic carbocycles. The fourth-order valence-corrected chi connectivity index (χ4v) is 4.08. The van der Waals surface area contributed by atoms with Crippen LogP contribution in [0.25, 0.3) is 16.9 Å². The van der Waals surface area contributed by atoms with Crippen molar-refractivity contribution in [3.63, 3.8) is 0 Å². The van der Waals surface area contributed by atoms with E-state index in [0.717, 1.165) is 10.6 Å². The Morgan fingerprint density at radius 1 is 1.08 bits per heavy atom. The molecule has 0 bridgehead atoms. The number of amides is 1. The van der Waals surface area contributed by atoms with Crippen LogP contribution < -0.4 is 10.1 Å². The van der Waals surface area contributed by atoms with Gasteiger partial charge in [0.05, 0.1) is 23.6 Å². The Hall–Kier alpha value is -4.03. The molecule has 0 radical (unpaired) electrons. The molecule has 1 aromatic carbocycles. The molecule has 2 N–H and O–H groups in total. The minimum Gasteiger partial charge on any atom is -0.487 e. The van der Waals surface area contributed by atoms with Crippen LogP contribution in [0, 0.1) is 20.8 Å². The first-order valence-corrected chi connectivity index (χ1v) is 11.6. The number of methoxy groups -OCH3 is 1. The van der Waals surface area contributed by atoms with Crippen LogP contribution in [0.4, 0.5) is 18.9 Å². The maximum atomic E-state index is 13.8. The highest BCUT2D eigenvalue weighted by Gasteiger charge is 2.34. The largest absolute Gasteiger partial charge is 0.487 e. The van der Waals surface area contributed by atoms with Gasteiger partial charge in [-0.25, -0.2) is 9.50 Å². The van der Waals surface area contributed by atoms with E-state index in [9.17, 15) is 23.1 Å². The van der Waals surface area contributed by atoms with Crippen molar-refractivity contribution in [3.05, 3.63) is 70.8 Å². The second-order valence-electron chi connectivity index (χ2n) is 8.73. The van der Waals surface area contributed by atoms with E-state index in [2.05, 4.69) is 20.4 Å². The van der Waals surface area contributed by atoms with E-state index in [-0.39, 0.29) is 47.3 Å². The summed E-state index contributed by atoms with van der Waals surface area (Å²) in [5.41, 5.74) is 1.09. The van der Waals surface area contributed by atoms with Crippen molar-refractivity contribution in [2.24, 2.45) is 0 Å². The van der Waals surface area contributed by atoms with Crippen LogP contribution in [0.5, 0.6) is 5.75 Å². The molecule has 4 rings (SSSR count). The minimum atomic E-state index is -4.65. The number of anilines is 1. The number of benzene rings is 1. The molecule has 1 atom stereocenters. The molecule has 4 aromatic rings. The SMILES string of the molecule is COC[C@@H](O)COc1cc(-c2ccccc2C(F)(F)F)nn2c(C(=O)Nc3cc(C)nc(C)c3)c(C)nc12. The fourth-order valence-electron chi connectivity index (χ4n) is 4.08. The van der Waals surface area contributed by atoms with Crippen LogP contribution in [0.1, 0.15) is 33.1 Å². The molecule has 0 fully saturated rings. The summed E-state index contributed by atoms with van der Waals surface area (Å²) in [6.45, 7) is 4.92. The van der Waals surface area contributed by atoms with Gasteiger partial charge in [0.1, 0.15) is 12.7 Å². The summed E-state index contributed by atoms with van der Waals surface area (Å²) in [5.74, 6) is -0.529. The lowest BCUT2D eigenvalue weighted by Gasteiger charge is -2.16. The molecular formula is C26H26F3N5O4. The van der Waals surface area contributed by atoms with Crippen molar-refractivity contribution in [3.8, 4) is 17.0 Å². The van der Waals surface area contributed by atoms with Crippen molar-refractivity contribution in [1.29, 1.82) is 0 Å².